The topological polar surface area (TPSA) is 4.93 Å². The number of hydrogen-bond acceptors (Lipinski definition) is 0. The summed E-state index contributed by atoms with van der Waals surface area (Å²) in [5.41, 5.74) is 4.35. The van der Waals surface area contributed by atoms with Gasteiger partial charge in [-0.25, -0.2) is 0 Å². The van der Waals surface area contributed by atoms with Gasteiger partial charge in [0.2, 0.25) is 0 Å². The summed E-state index contributed by atoms with van der Waals surface area (Å²) in [4.78, 5) is 0. The first-order chi connectivity index (χ1) is 9.27. The van der Waals surface area contributed by atoms with E-state index in [4.69, 9.17) is 0 Å². The lowest BCUT2D eigenvalue weighted by Gasteiger charge is -2.29. The van der Waals surface area contributed by atoms with Crippen LogP contribution in [0.5, 0.6) is 0 Å². The second-order valence-corrected chi connectivity index (χ2v) is 7.26. The maximum Gasteiger partial charge on any atom is 0.0455 e. The lowest BCUT2D eigenvalue weighted by atomic mass is 9.86. The molecule has 0 unspecified atom stereocenters. The van der Waals surface area contributed by atoms with Crippen molar-refractivity contribution < 1.29 is 0 Å². The fourth-order valence-corrected chi connectivity index (χ4v) is 2.59. The van der Waals surface area contributed by atoms with Crippen molar-refractivity contribution in [2.45, 2.75) is 58.8 Å². The normalized spacial score (nSPS) is 12.7. The smallest absolute Gasteiger partial charge is 0.0455 e. The molecule has 1 aromatic heterocycles. The molecule has 0 aliphatic rings. The third-order valence-corrected chi connectivity index (χ3v) is 4.24. The first-order valence-corrected chi connectivity index (χ1v) is 7.55. The Labute approximate surface area is 123 Å². The minimum atomic E-state index is 0.137. The largest absolute Gasteiger partial charge is 0.317 e. The first-order valence-electron chi connectivity index (χ1n) is 7.55. The van der Waals surface area contributed by atoms with Gasteiger partial charge >= 0.3 is 0 Å². The minimum Gasteiger partial charge on any atom is -0.317 e. The van der Waals surface area contributed by atoms with Gasteiger partial charge in [0.1, 0.15) is 0 Å². The fraction of sp³-hybridized carbons (Fsp3) is 0.474. The van der Waals surface area contributed by atoms with Crippen LogP contribution in [0.2, 0.25) is 0 Å². The zero-order valence-corrected chi connectivity index (χ0v) is 13.7. The summed E-state index contributed by atoms with van der Waals surface area (Å²) in [7, 11) is 0. The van der Waals surface area contributed by atoms with E-state index >= 15 is 0 Å². The highest BCUT2D eigenvalue weighted by atomic mass is 15.0. The number of nitrogens with zero attached hydrogens (tertiary/aromatic N) is 1. The first kappa shape index (κ1) is 14.9. The summed E-state index contributed by atoms with van der Waals surface area (Å²) < 4.78 is 2.45. The van der Waals surface area contributed by atoms with Crippen LogP contribution in [0.1, 0.15) is 59.4 Å². The summed E-state index contributed by atoms with van der Waals surface area (Å²) in [6.07, 6.45) is 1.13. The van der Waals surface area contributed by atoms with Crippen LogP contribution in [-0.4, -0.2) is 4.57 Å². The number of para-hydroxylation sites is 1. The Balaban J connectivity index is 2.71. The average Bonchev–Trinajstić information content (AvgIpc) is 2.85. The molecule has 0 saturated carbocycles. The van der Waals surface area contributed by atoms with E-state index in [1.807, 2.05) is 0 Å². The van der Waals surface area contributed by atoms with E-state index < -0.39 is 0 Å². The van der Waals surface area contributed by atoms with E-state index in [9.17, 15) is 0 Å². The summed E-state index contributed by atoms with van der Waals surface area (Å²) >= 11 is 0. The molecule has 1 nitrogen and oxygen atoms in total. The van der Waals surface area contributed by atoms with Crippen molar-refractivity contribution in [3.63, 3.8) is 0 Å². The van der Waals surface area contributed by atoms with Crippen molar-refractivity contribution in [3.8, 4) is 5.69 Å². The molecule has 0 saturated heterocycles. The summed E-state index contributed by atoms with van der Waals surface area (Å²) in [5, 5.41) is 0. The van der Waals surface area contributed by atoms with E-state index in [-0.39, 0.29) is 10.8 Å². The maximum atomic E-state index is 2.45. The van der Waals surface area contributed by atoms with Crippen molar-refractivity contribution >= 4 is 0 Å². The summed E-state index contributed by atoms with van der Waals surface area (Å²) in [6.45, 7) is 13.8. The van der Waals surface area contributed by atoms with Gasteiger partial charge in [0, 0.05) is 27.9 Å². The molecular weight excluding hydrogens is 242 g/mol. The molecule has 2 aromatic rings. The van der Waals surface area contributed by atoms with E-state index in [1.54, 1.807) is 0 Å². The molecule has 0 spiro atoms. The van der Waals surface area contributed by atoms with Crippen LogP contribution in [0.4, 0.5) is 0 Å². The Morgan fingerprint density at radius 1 is 0.800 bits per heavy atom. The molecule has 0 atom stereocenters. The molecule has 20 heavy (non-hydrogen) atoms. The molecule has 108 valence electrons. The highest BCUT2D eigenvalue weighted by molar-refractivity contribution is 5.42. The molecule has 0 radical (unpaired) electrons. The van der Waals surface area contributed by atoms with Gasteiger partial charge in [-0.05, 0) is 30.7 Å². The highest BCUT2D eigenvalue weighted by Gasteiger charge is 2.28. The Bertz CT molecular complexity index is 568. The van der Waals surface area contributed by atoms with Crippen molar-refractivity contribution in [1.29, 1.82) is 0 Å². The highest BCUT2D eigenvalue weighted by Crippen LogP contribution is 2.35. The van der Waals surface area contributed by atoms with E-state index in [0.29, 0.717) is 0 Å². The molecule has 1 aromatic carbocycles. The molecular formula is C19H27N. The van der Waals surface area contributed by atoms with Crippen LogP contribution >= 0.6 is 0 Å². The van der Waals surface area contributed by atoms with Crippen LogP contribution in [0.3, 0.4) is 0 Å². The van der Waals surface area contributed by atoms with Crippen LogP contribution in [0.25, 0.3) is 5.69 Å². The average molecular weight is 269 g/mol. The Morgan fingerprint density at radius 2 is 1.35 bits per heavy atom. The Hall–Kier alpha value is -1.50. The van der Waals surface area contributed by atoms with Crippen molar-refractivity contribution in [3.05, 3.63) is 53.9 Å². The zero-order chi connectivity index (χ0) is 15.0. The van der Waals surface area contributed by atoms with E-state index in [1.165, 1.54) is 17.1 Å². The molecule has 0 bridgehead atoms. The fourth-order valence-electron chi connectivity index (χ4n) is 2.59. The van der Waals surface area contributed by atoms with Crippen LogP contribution in [-0.2, 0) is 10.8 Å². The predicted octanol–water partition coefficient (Wildman–Crippen LogP) is 5.46. The lowest BCUT2D eigenvalue weighted by molar-refractivity contribution is 0.469. The summed E-state index contributed by atoms with van der Waals surface area (Å²) in [6, 6.07) is 15.3. The molecule has 0 aliphatic carbocycles. The Kier molecular flexibility index (Phi) is 3.82. The van der Waals surface area contributed by atoms with Gasteiger partial charge in [-0.15, -0.1) is 0 Å². The standard InChI is InChI=1S/C19H27N/c1-7-19(5,6)17-14-13-16(18(2,3)4)20(17)15-11-9-8-10-12-15/h8-14H,7H2,1-6H3. The van der Waals surface area contributed by atoms with Gasteiger partial charge in [0.15, 0.2) is 0 Å². The third kappa shape index (κ3) is 2.67. The Morgan fingerprint density at radius 3 is 1.85 bits per heavy atom. The lowest BCUT2D eigenvalue weighted by Crippen LogP contribution is -2.24. The minimum absolute atomic E-state index is 0.137. The molecule has 1 heteroatoms. The van der Waals surface area contributed by atoms with Crippen molar-refractivity contribution in [2.24, 2.45) is 0 Å². The molecule has 0 fully saturated rings. The van der Waals surface area contributed by atoms with Gasteiger partial charge in [-0.3, -0.25) is 0 Å². The number of benzene rings is 1. The zero-order valence-electron chi connectivity index (χ0n) is 13.7. The maximum absolute atomic E-state index is 2.45. The SMILES string of the molecule is CCC(C)(C)c1ccc(C(C)(C)C)n1-c1ccccc1. The molecule has 0 N–H and O–H groups in total. The second kappa shape index (κ2) is 5.12. The van der Waals surface area contributed by atoms with Gasteiger partial charge in [-0.1, -0.05) is 59.7 Å². The number of hydrogen-bond donors (Lipinski definition) is 0. The van der Waals surface area contributed by atoms with Gasteiger partial charge < -0.3 is 4.57 Å². The number of aromatic nitrogens is 1. The van der Waals surface area contributed by atoms with Crippen LogP contribution in [0, 0.1) is 0 Å². The second-order valence-electron chi connectivity index (χ2n) is 7.26. The monoisotopic (exact) mass is 269 g/mol. The molecule has 1 heterocycles. The molecule has 0 aliphatic heterocycles. The van der Waals surface area contributed by atoms with Gasteiger partial charge in [-0.2, -0.15) is 0 Å². The number of rotatable bonds is 3. The third-order valence-electron chi connectivity index (χ3n) is 4.24. The molecule has 2 rings (SSSR count). The van der Waals surface area contributed by atoms with E-state index in [0.717, 1.165) is 6.42 Å². The predicted molar refractivity (Wildman–Crippen MR) is 87.8 cm³/mol. The quantitative estimate of drug-likeness (QED) is 0.697. The molecule has 0 amide bonds. The van der Waals surface area contributed by atoms with Crippen LogP contribution < -0.4 is 0 Å². The van der Waals surface area contributed by atoms with Crippen LogP contribution in [0.15, 0.2) is 42.5 Å². The van der Waals surface area contributed by atoms with Crippen molar-refractivity contribution in [1.82, 2.24) is 4.57 Å². The van der Waals surface area contributed by atoms with Crippen molar-refractivity contribution in [2.75, 3.05) is 0 Å². The van der Waals surface area contributed by atoms with E-state index in [2.05, 4.69) is 88.6 Å². The van der Waals surface area contributed by atoms with Gasteiger partial charge in [0.05, 0.1) is 0 Å². The van der Waals surface area contributed by atoms with Gasteiger partial charge in [0.25, 0.3) is 0 Å². The summed E-state index contributed by atoms with van der Waals surface area (Å²) in [5.74, 6) is 0.